The summed E-state index contributed by atoms with van der Waals surface area (Å²) in [5.41, 5.74) is 1.12. The number of hydrogen-bond acceptors (Lipinski definition) is 5. The number of thioether (sulfide) groups is 1. The summed E-state index contributed by atoms with van der Waals surface area (Å²) in [5.74, 6) is 2.21. The molecule has 1 N–H and O–H groups in total. The number of rotatable bonds is 6. The third-order valence-corrected chi connectivity index (χ3v) is 5.76. The number of nitrogens with zero attached hydrogens (tertiary/aromatic N) is 1. The lowest BCUT2D eigenvalue weighted by molar-refractivity contribution is 0.0472. The molecule has 1 fully saturated rings. The van der Waals surface area contributed by atoms with Gasteiger partial charge < -0.3 is 10.1 Å². The van der Waals surface area contributed by atoms with Crippen LogP contribution in [0, 0.1) is 0 Å². The van der Waals surface area contributed by atoms with Gasteiger partial charge in [-0.25, -0.2) is 4.98 Å². The van der Waals surface area contributed by atoms with Crippen molar-refractivity contribution in [2.45, 2.75) is 31.9 Å². The van der Waals surface area contributed by atoms with Crippen LogP contribution in [-0.4, -0.2) is 41.8 Å². The maximum absolute atomic E-state index is 5.98. The molecule has 2 atom stereocenters. The Morgan fingerprint density at radius 2 is 2.33 bits per heavy atom. The van der Waals surface area contributed by atoms with Crippen molar-refractivity contribution in [2.24, 2.45) is 0 Å². The van der Waals surface area contributed by atoms with Crippen molar-refractivity contribution >= 4 is 33.3 Å². The van der Waals surface area contributed by atoms with Crippen LogP contribution < -0.4 is 5.32 Å². The van der Waals surface area contributed by atoms with E-state index in [1.165, 1.54) is 9.71 Å². The number of aromatic nitrogens is 1. The topological polar surface area (TPSA) is 34.2 Å². The van der Waals surface area contributed by atoms with Crippen molar-refractivity contribution in [3.63, 3.8) is 0 Å². The fourth-order valence-electron chi connectivity index (χ4n) is 2.60. The van der Waals surface area contributed by atoms with Gasteiger partial charge in [0.05, 0.1) is 27.9 Å². The minimum atomic E-state index is 0.308. The van der Waals surface area contributed by atoms with E-state index >= 15 is 0 Å². The molecule has 1 aromatic carbocycles. The van der Waals surface area contributed by atoms with Gasteiger partial charge in [0, 0.05) is 24.0 Å². The molecule has 2 heterocycles. The molecule has 5 heteroatoms. The van der Waals surface area contributed by atoms with Gasteiger partial charge in [0.2, 0.25) is 0 Å². The zero-order chi connectivity index (χ0) is 14.5. The maximum Gasteiger partial charge on any atom is 0.0955 e. The molecule has 0 saturated carbocycles. The molecule has 2 aromatic rings. The highest BCUT2D eigenvalue weighted by molar-refractivity contribution is 7.99. The highest BCUT2D eigenvalue weighted by atomic mass is 32.2. The predicted octanol–water partition coefficient (Wildman–Crippen LogP) is 3.34. The highest BCUT2D eigenvalue weighted by Crippen LogP contribution is 2.24. The number of fused-ring (bicyclic) bond motifs is 1. The third-order valence-electron chi connectivity index (χ3n) is 3.68. The Kier molecular flexibility index (Phi) is 5.52. The second-order valence-corrected chi connectivity index (χ2v) is 7.59. The SMILES string of the molecule is CCCNC(Cc1nc2ccccc2s1)C1CSCCO1. The summed E-state index contributed by atoms with van der Waals surface area (Å²) < 4.78 is 7.26. The van der Waals surface area contributed by atoms with Crippen LogP contribution in [0.2, 0.25) is 0 Å². The summed E-state index contributed by atoms with van der Waals surface area (Å²) in [5, 5.41) is 4.87. The lowest BCUT2D eigenvalue weighted by atomic mass is 10.1. The molecule has 3 rings (SSSR count). The minimum Gasteiger partial charge on any atom is -0.375 e. The summed E-state index contributed by atoms with van der Waals surface area (Å²) >= 11 is 3.81. The Labute approximate surface area is 134 Å². The molecule has 1 saturated heterocycles. The van der Waals surface area contributed by atoms with Gasteiger partial charge in [-0.15, -0.1) is 11.3 Å². The highest BCUT2D eigenvalue weighted by Gasteiger charge is 2.25. The van der Waals surface area contributed by atoms with Crippen LogP contribution in [0.4, 0.5) is 0 Å². The van der Waals surface area contributed by atoms with E-state index in [2.05, 4.69) is 36.5 Å². The first-order valence-corrected chi connectivity index (χ1v) is 9.61. The number of thiazole rings is 1. The van der Waals surface area contributed by atoms with Gasteiger partial charge >= 0.3 is 0 Å². The molecular formula is C16H22N2OS2. The summed E-state index contributed by atoms with van der Waals surface area (Å²) in [6.45, 7) is 4.12. The molecular weight excluding hydrogens is 300 g/mol. The summed E-state index contributed by atoms with van der Waals surface area (Å²) in [6.07, 6.45) is 2.42. The van der Waals surface area contributed by atoms with Gasteiger partial charge in [-0.05, 0) is 25.1 Å². The van der Waals surface area contributed by atoms with Crippen LogP contribution >= 0.6 is 23.1 Å². The van der Waals surface area contributed by atoms with Crippen molar-refractivity contribution in [2.75, 3.05) is 24.7 Å². The Morgan fingerprint density at radius 1 is 1.43 bits per heavy atom. The van der Waals surface area contributed by atoms with Gasteiger partial charge in [0.15, 0.2) is 0 Å². The van der Waals surface area contributed by atoms with Gasteiger partial charge in [0.25, 0.3) is 0 Å². The van der Waals surface area contributed by atoms with E-state index in [4.69, 9.17) is 9.72 Å². The average molecular weight is 322 g/mol. The first-order chi connectivity index (χ1) is 10.4. The van der Waals surface area contributed by atoms with E-state index in [0.29, 0.717) is 12.1 Å². The molecule has 0 amide bonds. The fourth-order valence-corrected chi connectivity index (χ4v) is 4.57. The molecule has 2 unspecified atom stereocenters. The van der Waals surface area contributed by atoms with Crippen molar-refractivity contribution in [1.82, 2.24) is 10.3 Å². The number of para-hydroxylation sites is 1. The Hall–Kier alpha value is -0.620. The fraction of sp³-hybridized carbons (Fsp3) is 0.562. The second kappa shape index (κ2) is 7.58. The Morgan fingerprint density at radius 3 is 3.10 bits per heavy atom. The smallest absolute Gasteiger partial charge is 0.0955 e. The zero-order valence-corrected chi connectivity index (χ0v) is 14.0. The molecule has 0 aliphatic carbocycles. The number of nitrogens with one attached hydrogen (secondary N) is 1. The van der Waals surface area contributed by atoms with Crippen molar-refractivity contribution < 1.29 is 4.74 Å². The van der Waals surface area contributed by atoms with Crippen LogP contribution in [0.5, 0.6) is 0 Å². The van der Waals surface area contributed by atoms with E-state index in [1.54, 1.807) is 0 Å². The first kappa shape index (κ1) is 15.3. The van der Waals surface area contributed by atoms with Gasteiger partial charge in [-0.1, -0.05) is 19.1 Å². The van der Waals surface area contributed by atoms with Gasteiger partial charge in [-0.3, -0.25) is 0 Å². The van der Waals surface area contributed by atoms with Crippen LogP contribution in [-0.2, 0) is 11.2 Å². The summed E-state index contributed by atoms with van der Waals surface area (Å²) in [7, 11) is 0. The molecule has 0 radical (unpaired) electrons. The zero-order valence-electron chi connectivity index (χ0n) is 12.4. The molecule has 1 aliphatic rings. The standard InChI is InChI=1S/C16H22N2OS2/c1-2-7-17-13(14-11-20-9-8-19-14)10-16-18-12-5-3-4-6-15(12)21-16/h3-6,13-14,17H,2,7-11H2,1H3. The molecule has 1 aromatic heterocycles. The number of benzene rings is 1. The van der Waals surface area contributed by atoms with Crippen molar-refractivity contribution in [1.29, 1.82) is 0 Å². The monoisotopic (exact) mass is 322 g/mol. The first-order valence-electron chi connectivity index (χ1n) is 7.64. The molecule has 3 nitrogen and oxygen atoms in total. The van der Waals surface area contributed by atoms with Gasteiger partial charge in [-0.2, -0.15) is 11.8 Å². The third kappa shape index (κ3) is 3.97. The van der Waals surface area contributed by atoms with Crippen molar-refractivity contribution in [3.8, 4) is 0 Å². The maximum atomic E-state index is 5.98. The second-order valence-electron chi connectivity index (χ2n) is 5.32. The lowest BCUT2D eigenvalue weighted by Gasteiger charge is -2.30. The van der Waals surface area contributed by atoms with E-state index in [-0.39, 0.29) is 0 Å². The van der Waals surface area contributed by atoms with E-state index < -0.39 is 0 Å². The van der Waals surface area contributed by atoms with Crippen LogP contribution in [0.15, 0.2) is 24.3 Å². The summed E-state index contributed by atoms with van der Waals surface area (Å²) in [6, 6.07) is 8.75. The summed E-state index contributed by atoms with van der Waals surface area (Å²) in [4.78, 5) is 4.77. The molecule has 0 bridgehead atoms. The number of hydrogen-bond donors (Lipinski definition) is 1. The van der Waals surface area contributed by atoms with Crippen LogP contribution in [0.1, 0.15) is 18.4 Å². The Bertz CT molecular complexity index is 533. The van der Waals surface area contributed by atoms with Gasteiger partial charge in [0.1, 0.15) is 0 Å². The molecule has 21 heavy (non-hydrogen) atoms. The quantitative estimate of drug-likeness (QED) is 0.884. The molecule has 1 aliphatic heterocycles. The van der Waals surface area contributed by atoms with Crippen LogP contribution in [0.25, 0.3) is 10.2 Å². The average Bonchev–Trinajstić information content (AvgIpc) is 2.94. The molecule has 114 valence electrons. The predicted molar refractivity (Wildman–Crippen MR) is 92.5 cm³/mol. The molecule has 0 spiro atoms. The number of ether oxygens (including phenoxy) is 1. The van der Waals surface area contributed by atoms with E-state index in [1.807, 2.05) is 23.1 Å². The van der Waals surface area contributed by atoms with Crippen molar-refractivity contribution in [3.05, 3.63) is 29.3 Å². The lowest BCUT2D eigenvalue weighted by Crippen LogP contribution is -2.46. The largest absolute Gasteiger partial charge is 0.375 e. The normalized spacial score (nSPS) is 20.7. The van der Waals surface area contributed by atoms with E-state index in [9.17, 15) is 0 Å². The van der Waals surface area contributed by atoms with Crippen LogP contribution in [0.3, 0.4) is 0 Å². The van der Waals surface area contributed by atoms with E-state index in [0.717, 1.165) is 43.0 Å². The Balaban J connectivity index is 1.72. The minimum absolute atomic E-state index is 0.308.